The van der Waals surface area contributed by atoms with Gasteiger partial charge >= 0.3 is 0 Å². The molecule has 224 valence electrons. The van der Waals surface area contributed by atoms with Gasteiger partial charge < -0.3 is 24.5 Å². The second-order valence-electron chi connectivity index (χ2n) is 12.2. The number of amides is 3. The number of aryl methyl sites for hydroxylation is 1. The molecule has 2 bridgehead atoms. The van der Waals surface area contributed by atoms with Crippen LogP contribution in [0.5, 0.6) is 0 Å². The summed E-state index contributed by atoms with van der Waals surface area (Å²) >= 11 is 6.66. The second kappa shape index (κ2) is 11.9. The van der Waals surface area contributed by atoms with Crippen LogP contribution in [0.15, 0.2) is 43.5 Å². The molecular formula is C32H44ClN3O5. The molecule has 4 rings (SSSR count). The van der Waals surface area contributed by atoms with E-state index in [9.17, 15) is 19.5 Å². The molecule has 6 atom stereocenters. The van der Waals surface area contributed by atoms with Crippen molar-refractivity contribution in [3.05, 3.63) is 54.1 Å². The quantitative estimate of drug-likeness (QED) is 0.368. The smallest absolute Gasteiger partial charge is 0.253 e. The minimum absolute atomic E-state index is 0.152. The van der Waals surface area contributed by atoms with Crippen LogP contribution in [0.25, 0.3) is 0 Å². The highest BCUT2D eigenvalue weighted by Crippen LogP contribution is 2.65. The van der Waals surface area contributed by atoms with E-state index in [0.717, 1.165) is 5.56 Å². The Labute approximate surface area is 248 Å². The molecule has 8 nitrogen and oxygen atoms in total. The average Bonchev–Trinajstić information content (AvgIpc) is 3.54. The van der Waals surface area contributed by atoms with Crippen LogP contribution in [0.2, 0.25) is 5.02 Å². The van der Waals surface area contributed by atoms with E-state index in [-0.39, 0.29) is 36.8 Å². The summed E-state index contributed by atoms with van der Waals surface area (Å²) in [7, 11) is 1.70. The van der Waals surface area contributed by atoms with Crippen LogP contribution in [-0.4, -0.2) is 82.7 Å². The van der Waals surface area contributed by atoms with Gasteiger partial charge in [0.1, 0.15) is 11.6 Å². The van der Waals surface area contributed by atoms with Gasteiger partial charge in [-0.1, -0.05) is 56.7 Å². The van der Waals surface area contributed by atoms with Crippen molar-refractivity contribution in [1.29, 1.82) is 0 Å². The maximum absolute atomic E-state index is 14.9. The number of likely N-dealkylation sites (N-methyl/N-ethyl adjacent to an activating group) is 1. The molecule has 3 saturated heterocycles. The fourth-order valence-corrected chi connectivity index (χ4v) is 7.90. The van der Waals surface area contributed by atoms with Crippen molar-refractivity contribution in [1.82, 2.24) is 9.80 Å². The third-order valence-corrected chi connectivity index (χ3v) is 9.59. The first-order chi connectivity index (χ1) is 19.4. The number of anilines is 1. The molecule has 1 aromatic carbocycles. The van der Waals surface area contributed by atoms with Gasteiger partial charge in [-0.05, 0) is 50.2 Å². The minimum atomic E-state index is -1.21. The van der Waals surface area contributed by atoms with Crippen LogP contribution < -0.4 is 4.90 Å². The van der Waals surface area contributed by atoms with Crippen molar-refractivity contribution in [2.45, 2.75) is 76.7 Å². The first-order valence-electron chi connectivity index (χ1n) is 14.6. The standard InChI is InChI=1S/C32H44ClN3O5/c1-8-16-34(7)28(38)24-25-29(39)36(22(19-37)18-20(4)5)27(32(25)15-14-31(24,10-3)41-32)30(40)35(17-9-2)26-21(6)12-11-13-23(26)33/h8-9,11-13,20,22,24-25,27,37H,1-2,10,14-19H2,3-7H3/t22-,24+,25+,27?,31-,32?/m1/s1. The van der Waals surface area contributed by atoms with Gasteiger partial charge in [0.25, 0.3) is 5.91 Å². The molecule has 1 N–H and O–H groups in total. The van der Waals surface area contributed by atoms with Gasteiger partial charge in [0.2, 0.25) is 11.8 Å². The summed E-state index contributed by atoms with van der Waals surface area (Å²) in [5, 5.41) is 11.0. The van der Waals surface area contributed by atoms with Crippen molar-refractivity contribution in [2.24, 2.45) is 17.8 Å². The zero-order chi connectivity index (χ0) is 30.3. The normalized spacial score (nSPS) is 29.0. The molecule has 3 aliphatic rings. The molecule has 3 amide bonds. The number of aliphatic hydroxyl groups is 1. The maximum atomic E-state index is 14.9. The predicted octanol–water partition coefficient (Wildman–Crippen LogP) is 4.37. The molecular weight excluding hydrogens is 542 g/mol. The van der Waals surface area contributed by atoms with E-state index in [1.165, 1.54) is 0 Å². The Hall–Kier alpha value is -2.68. The number of likely N-dealkylation sites (tertiary alicyclic amines) is 1. The largest absolute Gasteiger partial charge is 0.394 e. The van der Waals surface area contributed by atoms with E-state index in [2.05, 4.69) is 13.2 Å². The van der Waals surface area contributed by atoms with Gasteiger partial charge in [-0.25, -0.2) is 0 Å². The Morgan fingerprint density at radius 1 is 1.22 bits per heavy atom. The van der Waals surface area contributed by atoms with Crippen molar-refractivity contribution in [3.8, 4) is 0 Å². The lowest BCUT2D eigenvalue weighted by atomic mass is 9.64. The summed E-state index contributed by atoms with van der Waals surface area (Å²) in [5.41, 5.74) is -0.710. The van der Waals surface area contributed by atoms with Gasteiger partial charge in [-0.15, -0.1) is 13.2 Å². The van der Waals surface area contributed by atoms with Crippen LogP contribution in [0.4, 0.5) is 5.69 Å². The predicted molar refractivity (Wildman–Crippen MR) is 161 cm³/mol. The molecule has 1 aromatic rings. The Balaban J connectivity index is 1.91. The van der Waals surface area contributed by atoms with Gasteiger partial charge in [-0.3, -0.25) is 14.4 Å². The van der Waals surface area contributed by atoms with E-state index < -0.39 is 35.1 Å². The van der Waals surface area contributed by atoms with E-state index in [1.807, 2.05) is 39.8 Å². The van der Waals surface area contributed by atoms with Crippen molar-refractivity contribution in [3.63, 3.8) is 0 Å². The number of hydrogen-bond donors (Lipinski definition) is 1. The lowest BCUT2D eigenvalue weighted by Gasteiger charge is -2.40. The molecule has 3 fully saturated rings. The Morgan fingerprint density at radius 2 is 1.90 bits per heavy atom. The van der Waals surface area contributed by atoms with Crippen LogP contribution in [0.1, 0.15) is 52.0 Å². The summed E-state index contributed by atoms with van der Waals surface area (Å²) in [5.74, 6) is -2.28. The molecule has 3 heterocycles. The number of nitrogens with zero attached hydrogens (tertiary/aromatic N) is 3. The van der Waals surface area contributed by atoms with Gasteiger partial charge in [0.15, 0.2) is 0 Å². The Bertz CT molecular complexity index is 1200. The lowest BCUT2D eigenvalue weighted by molar-refractivity contribution is -0.153. The average molecular weight is 586 g/mol. The van der Waals surface area contributed by atoms with Crippen LogP contribution in [0.3, 0.4) is 0 Å². The fraction of sp³-hybridized carbons (Fsp3) is 0.594. The number of carbonyl (C=O) groups is 3. The van der Waals surface area contributed by atoms with Gasteiger partial charge in [0.05, 0.1) is 40.8 Å². The molecule has 1 spiro atoms. The third-order valence-electron chi connectivity index (χ3n) is 9.28. The summed E-state index contributed by atoms with van der Waals surface area (Å²) in [6.07, 6.45) is 5.33. The molecule has 0 aliphatic carbocycles. The van der Waals surface area contributed by atoms with Crippen molar-refractivity contribution < 1.29 is 24.2 Å². The van der Waals surface area contributed by atoms with E-state index in [4.69, 9.17) is 16.3 Å². The number of halogens is 1. The third kappa shape index (κ3) is 4.92. The zero-order valence-electron chi connectivity index (χ0n) is 24.9. The number of benzene rings is 1. The van der Waals surface area contributed by atoms with E-state index in [1.54, 1.807) is 40.0 Å². The van der Waals surface area contributed by atoms with E-state index >= 15 is 0 Å². The SMILES string of the molecule is C=CCN(C)C(=O)[C@@H]1[C@H]2C(=O)N([C@@H](CO)CC(C)C)C(C(=O)N(CC=C)c3c(C)cccc3Cl)C23CC[C@@]1(CC)O3. The number of hydrogen-bond acceptors (Lipinski definition) is 5. The molecule has 3 aliphatic heterocycles. The number of fused-ring (bicyclic) bond motifs is 1. The van der Waals surface area contributed by atoms with Crippen molar-refractivity contribution >= 4 is 35.0 Å². The fourth-order valence-electron chi connectivity index (χ4n) is 7.58. The van der Waals surface area contributed by atoms with Crippen LogP contribution in [0, 0.1) is 24.7 Å². The molecule has 2 unspecified atom stereocenters. The zero-order valence-corrected chi connectivity index (χ0v) is 25.7. The van der Waals surface area contributed by atoms with Gasteiger partial charge in [0, 0.05) is 20.1 Å². The summed E-state index contributed by atoms with van der Waals surface area (Å²) in [4.78, 5) is 48.2. The number of rotatable bonds is 12. The van der Waals surface area contributed by atoms with Crippen LogP contribution >= 0.6 is 11.6 Å². The summed E-state index contributed by atoms with van der Waals surface area (Å²) in [6.45, 7) is 15.7. The van der Waals surface area contributed by atoms with Gasteiger partial charge in [-0.2, -0.15) is 0 Å². The number of para-hydroxylation sites is 1. The second-order valence-corrected chi connectivity index (χ2v) is 12.6. The topological polar surface area (TPSA) is 90.4 Å². The Kier molecular flexibility index (Phi) is 9.07. The number of ether oxygens (including phenoxy) is 1. The molecule has 0 saturated carbocycles. The van der Waals surface area contributed by atoms with Crippen molar-refractivity contribution in [2.75, 3.05) is 31.6 Å². The first kappa shape index (κ1) is 31.3. The first-order valence-corrected chi connectivity index (χ1v) is 15.0. The van der Waals surface area contributed by atoms with E-state index in [0.29, 0.717) is 42.9 Å². The number of carbonyl (C=O) groups excluding carboxylic acids is 3. The highest BCUT2D eigenvalue weighted by atomic mass is 35.5. The van der Waals surface area contributed by atoms with Crippen LogP contribution in [-0.2, 0) is 19.1 Å². The molecule has 9 heteroatoms. The molecule has 0 radical (unpaired) electrons. The summed E-state index contributed by atoms with van der Waals surface area (Å²) in [6, 6.07) is 3.78. The minimum Gasteiger partial charge on any atom is -0.394 e. The maximum Gasteiger partial charge on any atom is 0.253 e. The monoisotopic (exact) mass is 585 g/mol. The highest BCUT2D eigenvalue weighted by Gasteiger charge is 2.79. The Morgan fingerprint density at radius 3 is 2.46 bits per heavy atom. The molecule has 0 aromatic heterocycles. The molecule has 41 heavy (non-hydrogen) atoms. The summed E-state index contributed by atoms with van der Waals surface area (Å²) < 4.78 is 6.92. The lowest BCUT2D eigenvalue weighted by Crippen LogP contribution is -2.59. The number of aliphatic hydroxyl groups excluding tert-OH is 1. The highest BCUT2D eigenvalue weighted by molar-refractivity contribution is 6.34.